The molecule has 0 amide bonds. The molecule has 1 aromatic carbocycles. The minimum absolute atomic E-state index is 0.0470. The Morgan fingerprint density at radius 3 is 2.29 bits per heavy atom. The molecule has 0 fully saturated rings. The third kappa shape index (κ3) is 5.05. The lowest BCUT2D eigenvalue weighted by atomic mass is 10.1. The molecule has 3 rings (SSSR count). The minimum atomic E-state index is -4.84. The highest BCUT2D eigenvalue weighted by Gasteiger charge is 2.31. The van der Waals surface area contributed by atoms with Gasteiger partial charge in [-0.2, -0.15) is 0 Å². The summed E-state index contributed by atoms with van der Waals surface area (Å²) in [5, 5.41) is 0. The van der Waals surface area contributed by atoms with Gasteiger partial charge in [-0.25, -0.2) is 13.1 Å². The van der Waals surface area contributed by atoms with Crippen molar-refractivity contribution < 1.29 is 26.3 Å². The summed E-state index contributed by atoms with van der Waals surface area (Å²) in [7, 11) is -3.94. The summed E-state index contributed by atoms with van der Waals surface area (Å²) in [5.41, 5.74) is 2.01. The molecule has 28 heavy (non-hydrogen) atoms. The van der Waals surface area contributed by atoms with Crippen molar-refractivity contribution >= 4 is 10.0 Å². The number of aromatic nitrogens is 2. The normalized spacial score (nSPS) is 12.0. The number of hydrogen-bond donors (Lipinski definition) is 1. The number of rotatable bonds is 6. The van der Waals surface area contributed by atoms with Crippen molar-refractivity contribution in [2.24, 2.45) is 0 Å². The first-order chi connectivity index (χ1) is 13.2. The molecule has 0 spiro atoms. The van der Waals surface area contributed by atoms with E-state index in [1.165, 1.54) is 0 Å². The second-order valence-electron chi connectivity index (χ2n) is 5.59. The third-order valence-electron chi connectivity index (χ3n) is 3.67. The lowest BCUT2D eigenvalue weighted by molar-refractivity contribution is -0.274. The standard InChI is InChI=1S/C18H14F3N3O3S/c19-18(20,21)27-15-3-5-16(6-4-15)28(25,26)24-12-14-2-1-9-23-17(14)13-7-10-22-11-8-13/h1-11,24H,12H2. The molecule has 6 nitrogen and oxygen atoms in total. The van der Waals surface area contributed by atoms with Crippen LogP contribution in [0.3, 0.4) is 0 Å². The predicted octanol–water partition coefficient (Wildman–Crippen LogP) is 3.52. The van der Waals surface area contributed by atoms with E-state index in [1.54, 1.807) is 42.9 Å². The van der Waals surface area contributed by atoms with Gasteiger partial charge in [-0.1, -0.05) is 6.07 Å². The maximum Gasteiger partial charge on any atom is 0.573 e. The Hall–Kier alpha value is -2.98. The van der Waals surface area contributed by atoms with Crippen LogP contribution >= 0.6 is 0 Å². The van der Waals surface area contributed by atoms with Gasteiger partial charge in [0.15, 0.2) is 0 Å². The summed E-state index contributed by atoms with van der Waals surface area (Å²) in [5.74, 6) is -0.501. The Kier molecular flexibility index (Phi) is 5.61. The molecule has 0 atom stereocenters. The van der Waals surface area contributed by atoms with Gasteiger partial charge in [0, 0.05) is 30.7 Å². The lowest BCUT2D eigenvalue weighted by Crippen LogP contribution is -2.23. The Morgan fingerprint density at radius 2 is 1.64 bits per heavy atom. The molecule has 0 saturated carbocycles. The largest absolute Gasteiger partial charge is 0.573 e. The van der Waals surface area contributed by atoms with E-state index in [2.05, 4.69) is 19.4 Å². The van der Waals surface area contributed by atoms with Gasteiger partial charge in [0.2, 0.25) is 10.0 Å². The van der Waals surface area contributed by atoms with E-state index in [4.69, 9.17) is 0 Å². The van der Waals surface area contributed by atoms with Crippen molar-refractivity contribution in [3.8, 4) is 17.0 Å². The fraction of sp³-hybridized carbons (Fsp3) is 0.111. The molecule has 0 aliphatic rings. The second-order valence-corrected chi connectivity index (χ2v) is 7.36. The first kappa shape index (κ1) is 19.8. The highest BCUT2D eigenvalue weighted by molar-refractivity contribution is 7.89. The molecule has 2 aromatic heterocycles. The molecule has 0 saturated heterocycles. The van der Waals surface area contributed by atoms with E-state index in [0.29, 0.717) is 11.3 Å². The van der Waals surface area contributed by atoms with Gasteiger partial charge in [-0.05, 0) is 48.0 Å². The Morgan fingerprint density at radius 1 is 0.964 bits per heavy atom. The number of pyridine rings is 2. The van der Waals surface area contributed by atoms with E-state index in [-0.39, 0.29) is 11.4 Å². The van der Waals surface area contributed by atoms with Crippen LogP contribution in [0.5, 0.6) is 5.75 Å². The van der Waals surface area contributed by atoms with Crippen LogP contribution in [0.1, 0.15) is 5.56 Å². The van der Waals surface area contributed by atoms with Crippen LogP contribution in [0.25, 0.3) is 11.3 Å². The highest BCUT2D eigenvalue weighted by Crippen LogP contribution is 2.24. The van der Waals surface area contributed by atoms with Crippen LogP contribution in [-0.4, -0.2) is 24.7 Å². The van der Waals surface area contributed by atoms with E-state index >= 15 is 0 Å². The quantitative estimate of drug-likeness (QED) is 0.674. The molecule has 0 aliphatic carbocycles. The van der Waals surface area contributed by atoms with E-state index in [0.717, 1.165) is 29.8 Å². The summed E-state index contributed by atoms with van der Waals surface area (Å²) < 4.78 is 67.6. The Labute approximate surface area is 159 Å². The van der Waals surface area contributed by atoms with Crippen LogP contribution in [-0.2, 0) is 16.6 Å². The van der Waals surface area contributed by atoms with Gasteiger partial charge >= 0.3 is 6.36 Å². The number of benzene rings is 1. The summed E-state index contributed by atoms with van der Waals surface area (Å²) >= 11 is 0. The Bertz CT molecular complexity index is 1040. The number of nitrogens with one attached hydrogen (secondary N) is 1. The van der Waals surface area contributed by atoms with Crippen LogP contribution in [0, 0.1) is 0 Å². The molecule has 3 aromatic rings. The van der Waals surface area contributed by atoms with Crippen molar-refractivity contribution in [3.63, 3.8) is 0 Å². The minimum Gasteiger partial charge on any atom is -0.406 e. The van der Waals surface area contributed by atoms with Crippen molar-refractivity contribution in [1.82, 2.24) is 14.7 Å². The van der Waals surface area contributed by atoms with Crippen molar-refractivity contribution in [2.45, 2.75) is 17.8 Å². The van der Waals surface area contributed by atoms with Crippen LogP contribution in [0.15, 0.2) is 72.0 Å². The average molecular weight is 409 g/mol. The van der Waals surface area contributed by atoms with Crippen molar-refractivity contribution in [2.75, 3.05) is 0 Å². The number of sulfonamides is 1. The zero-order valence-corrected chi connectivity index (χ0v) is 15.0. The molecule has 0 aliphatic heterocycles. The molecule has 0 bridgehead atoms. The third-order valence-corrected chi connectivity index (χ3v) is 5.08. The predicted molar refractivity (Wildman–Crippen MR) is 94.6 cm³/mol. The maximum absolute atomic E-state index is 12.4. The number of nitrogens with zero attached hydrogens (tertiary/aromatic N) is 2. The van der Waals surface area contributed by atoms with Gasteiger partial charge in [-0.3, -0.25) is 9.97 Å². The van der Waals surface area contributed by atoms with E-state index in [9.17, 15) is 21.6 Å². The maximum atomic E-state index is 12.4. The molecule has 1 N–H and O–H groups in total. The summed E-state index contributed by atoms with van der Waals surface area (Å²) in [6, 6.07) is 10.9. The molecular weight excluding hydrogens is 395 g/mol. The average Bonchev–Trinajstić information content (AvgIpc) is 2.66. The summed E-state index contributed by atoms with van der Waals surface area (Å²) in [6.07, 6.45) is -0.0550. The topological polar surface area (TPSA) is 81.2 Å². The first-order valence-electron chi connectivity index (χ1n) is 7.94. The smallest absolute Gasteiger partial charge is 0.406 e. The van der Waals surface area contributed by atoms with Gasteiger partial charge in [0.05, 0.1) is 10.6 Å². The second kappa shape index (κ2) is 7.95. The van der Waals surface area contributed by atoms with Gasteiger partial charge < -0.3 is 4.74 Å². The summed E-state index contributed by atoms with van der Waals surface area (Å²) in [6.45, 7) is -0.0470. The number of ether oxygens (including phenoxy) is 1. The van der Waals surface area contributed by atoms with Gasteiger partial charge in [0.1, 0.15) is 5.75 Å². The zero-order chi connectivity index (χ0) is 20.2. The molecule has 2 heterocycles. The zero-order valence-electron chi connectivity index (χ0n) is 14.2. The van der Waals surface area contributed by atoms with E-state index in [1.807, 2.05) is 0 Å². The molecule has 10 heteroatoms. The fourth-order valence-electron chi connectivity index (χ4n) is 2.43. The lowest BCUT2D eigenvalue weighted by Gasteiger charge is -2.12. The van der Waals surface area contributed by atoms with Crippen LogP contribution < -0.4 is 9.46 Å². The SMILES string of the molecule is O=S(=O)(NCc1cccnc1-c1ccncc1)c1ccc(OC(F)(F)F)cc1. The van der Waals surface area contributed by atoms with Crippen molar-refractivity contribution in [3.05, 3.63) is 72.7 Å². The molecule has 0 radical (unpaired) electrons. The molecule has 0 unspecified atom stereocenters. The summed E-state index contributed by atoms with van der Waals surface area (Å²) in [4.78, 5) is 8.03. The Balaban J connectivity index is 1.76. The fourth-order valence-corrected chi connectivity index (χ4v) is 3.43. The van der Waals surface area contributed by atoms with Gasteiger partial charge in [-0.15, -0.1) is 13.2 Å². The van der Waals surface area contributed by atoms with Crippen LogP contribution in [0.2, 0.25) is 0 Å². The first-order valence-corrected chi connectivity index (χ1v) is 9.43. The number of alkyl halides is 3. The monoisotopic (exact) mass is 409 g/mol. The van der Waals surface area contributed by atoms with Crippen molar-refractivity contribution in [1.29, 1.82) is 0 Å². The van der Waals surface area contributed by atoms with Crippen LogP contribution in [0.4, 0.5) is 13.2 Å². The molecular formula is C18H14F3N3O3S. The highest BCUT2D eigenvalue weighted by atomic mass is 32.2. The molecule has 146 valence electrons. The van der Waals surface area contributed by atoms with E-state index < -0.39 is 22.1 Å². The van der Waals surface area contributed by atoms with Gasteiger partial charge in [0.25, 0.3) is 0 Å². The number of hydrogen-bond acceptors (Lipinski definition) is 5. The number of halogens is 3.